The van der Waals surface area contributed by atoms with Gasteiger partial charge in [-0.3, -0.25) is 4.79 Å². The normalized spacial score (nSPS) is 11.6. The molecule has 1 atom stereocenters. The highest BCUT2D eigenvalue weighted by atomic mass is 16.4. The topological polar surface area (TPSA) is 86.0 Å². The third-order valence-corrected chi connectivity index (χ3v) is 3.25. The van der Waals surface area contributed by atoms with Gasteiger partial charge in [0.2, 0.25) is 0 Å². The monoisotopic (exact) mass is 275 g/mol. The van der Waals surface area contributed by atoms with Gasteiger partial charge in [0.1, 0.15) is 6.07 Å². The van der Waals surface area contributed by atoms with Crippen LogP contribution in [0, 0.1) is 17.2 Å². The number of nitriles is 1. The predicted octanol–water partition coefficient (Wildman–Crippen LogP) is 3.04. The number of aromatic nitrogens is 1. The molecule has 20 heavy (non-hydrogen) atoms. The second-order valence-corrected chi connectivity index (χ2v) is 4.81. The number of aliphatic carboxylic acids is 1. The predicted molar refractivity (Wildman–Crippen MR) is 77.3 cm³/mol. The lowest BCUT2D eigenvalue weighted by Crippen LogP contribution is -2.11. The molecule has 1 aromatic heterocycles. The third-order valence-electron chi connectivity index (χ3n) is 3.25. The van der Waals surface area contributed by atoms with Crippen LogP contribution in [0.5, 0.6) is 0 Å². The van der Waals surface area contributed by atoms with Gasteiger partial charge in [0.15, 0.2) is 5.69 Å². The molecule has 5 nitrogen and oxygen atoms in total. The molecule has 1 rings (SSSR count). The Morgan fingerprint density at radius 1 is 1.50 bits per heavy atom. The van der Waals surface area contributed by atoms with Gasteiger partial charge in [-0.2, -0.15) is 5.26 Å². The van der Waals surface area contributed by atoms with Crippen molar-refractivity contribution in [1.82, 2.24) is 4.98 Å². The average molecular weight is 275 g/mol. The summed E-state index contributed by atoms with van der Waals surface area (Å²) in [6, 6.07) is 5.67. The highest BCUT2D eigenvalue weighted by molar-refractivity contribution is 5.66. The van der Waals surface area contributed by atoms with Gasteiger partial charge < -0.3 is 10.4 Å². The van der Waals surface area contributed by atoms with Crippen LogP contribution in [0.25, 0.3) is 0 Å². The summed E-state index contributed by atoms with van der Waals surface area (Å²) in [6.45, 7) is 2.83. The Labute approximate surface area is 119 Å². The first kappa shape index (κ1) is 16.0. The summed E-state index contributed by atoms with van der Waals surface area (Å²) in [7, 11) is 0. The molecular formula is C15H21N3O2. The first-order valence-corrected chi connectivity index (χ1v) is 6.98. The van der Waals surface area contributed by atoms with Crippen LogP contribution in [0.3, 0.4) is 0 Å². The maximum Gasteiger partial charge on any atom is 0.303 e. The van der Waals surface area contributed by atoms with Gasteiger partial charge in [0.25, 0.3) is 0 Å². The van der Waals surface area contributed by atoms with Crippen molar-refractivity contribution in [2.45, 2.75) is 39.0 Å². The lowest BCUT2D eigenvalue weighted by Gasteiger charge is -2.16. The fourth-order valence-electron chi connectivity index (χ4n) is 2.22. The molecule has 0 spiro atoms. The standard InChI is InChI=1S/C15H21N3O2/c1-2-4-12(6-7-15(19)20)8-10-18-13-5-3-9-17-14(13)11-16/h3,5,9,12,18H,2,4,6-8,10H2,1H3,(H,19,20). The molecule has 1 aromatic rings. The third kappa shape index (κ3) is 5.70. The molecule has 0 saturated carbocycles. The van der Waals surface area contributed by atoms with Crippen LogP contribution in [0.2, 0.25) is 0 Å². The van der Waals surface area contributed by atoms with Gasteiger partial charge in [0, 0.05) is 19.2 Å². The molecule has 0 aliphatic heterocycles. The number of carboxylic acid groups (broad SMARTS) is 1. The SMILES string of the molecule is CCCC(CCNc1cccnc1C#N)CCC(=O)O. The Bertz CT molecular complexity index is 468. The van der Waals surface area contributed by atoms with Gasteiger partial charge in [0.05, 0.1) is 5.69 Å². The minimum Gasteiger partial charge on any atom is -0.481 e. The Morgan fingerprint density at radius 2 is 2.30 bits per heavy atom. The van der Waals surface area contributed by atoms with Crippen molar-refractivity contribution >= 4 is 11.7 Å². The van der Waals surface area contributed by atoms with E-state index in [4.69, 9.17) is 10.4 Å². The molecule has 0 aliphatic carbocycles. The minimum atomic E-state index is -0.738. The number of nitrogens with one attached hydrogen (secondary N) is 1. The van der Waals surface area contributed by atoms with E-state index in [0.717, 1.165) is 31.5 Å². The molecular weight excluding hydrogens is 254 g/mol. The van der Waals surface area contributed by atoms with Crippen molar-refractivity contribution in [3.05, 3.63) is 24.0 Å². The van der Waals surface area contributed by atoms with Crippen LogP contribution in [0.1, 0.15) is 44.7 Å². The zero-order valence-corrected chi connectivity index (χ0v) is 11.8. The van der Waals surface area contributed by atoms with Gasteiger partial charge >= 0.3 is 5.97 Å². The average Bonchev–Trinajstić information content (AvgIpc) is 2.45. The van der Waals surface area contributed by atoms with Gasteiger partial charge in [-0.25, -0.2) is 4.98 Å². The maximum atomic E-state index is 10.6. The number of carboxylic acids is 1. The van der Waals surface area contributed by atoms with Crippen LogP contribution < -0.4 is 5.32 Å². The fraction of sp³-hybridized carbons (Fsp3) is 0.533. The maximum absolute atomic E-state index is 10.6. The van der Waals surface area contributed by atoms with E-state index in [1.165, 1.54) is 0 Å². The van der Waals surface area contributed by atoms with Crippen molar-refractivity contribution in [1.29, 1.82) is 5.26 Å². The van der Waals surface area contributed by atoms with Gasteiger partial charge in [-0.15, -0.1) is 0 Å². The molecule has 0 fully saturated rings. The van der Waals surface area contributed by atoms with Gasteiger partial charge in [-0.1, -0.05) is 19.8 Å². The molecule has 0 amide bonds. The van der Waals surface area contributed by atoms with Crippen LogP contribution in [0.4, 0.5) is 5.69 Å². The highest BCUT2D eigenvalue weighted by Gasteiger charge is 2.10. The van der Waals surface area contributed by atoms with Crippen LogP contribution in [0.15, 0.2) is 18.3 Å². The van der Waals surface area contributed by atoms with Crippen LogP contribution in [-0.4, -0.2) is 22.6 Å². The summed E-state index contributed by atoms with van der Waals surface area (Å²) in [6.07, 6.45) is 5.52. The molecule has 1 unspecified atom stereocenters. The van der Waals surface area contributed by atoms with E-state index in [9.17, 15) is 4.79 Å². The summed E-state index contributed by atoms with van der Waals surface area (Å²) >= 11 is 0. The summed E-state index contributed by atoms with van der Waals surface area (Å²) in [4.78, 5) is 14.6. The van der Waals surface area contributed by atoms with Crippen molar-refractivity contribution in [2.24, 2.45) is 5.92 Å². The molecule has 0 radical (unpaired) electrons. The number of anilines is 1. The van der Waals surface area contributed by atoms with E-state index in [1.54, 1.807) is 12.3 Å². The number of nitrogens with zero attached hydrogens (tertiary/aromatic N) is 2. The van der Waals surface area contributed by atoms with Crippen molar-refractivity contribution in [3.8, 4) is 6.07 Å². The number of carbonyl (C=O) groups is 1. The number of pyridine rings is 1. The largest absolute Gasteiger partial charge is 0.481 e. The van der Waals surface area contributed by atoms with E-state index < -0.39 is 5.97 Å². The van der Waals surface area contributed by atoms with Crippen LogP contribution in [-0.2, 0) is 4.79 Å². The van der Waals surface area contributed by atoms with E-state index in [1.807, 2.05) is 12.1 Å². The summed E-state index contributed by atoms with van der Waals surface area (Å²) < 4.78 is 0. The summed E-state index contributed by atoms with van der Waals surface area (Å²) in [5.41, 5.74) is 1.13. The highest BCUT2D eigenvalue weighted by Crippen LogP contribution is 2.18. The Morgan fingerprint density at radius 3 is 2.95 bits per heavy atom. The Balaban J connectivity index is 2.43. The summed E-state index contributed by atoms with van der Waals surface area (Å²) in [5, 5.41) is 20.9. The van der Waals surface area contributed by atoms with E-state index in [0.29, 0.717) is 18.0 Å². The lowest BCUT2D eigenvalue weighted by molar-refractivity contribution is -0.137. The van der Waals surface area contributed by atoms with E-state index >= 15 is 0 Å². The molecule has 0 saturated heterocycles. The van der Waals surface area contributed by atoms with E-state index in [2.05, 4.69) is 17.2 Å². The zero-order valence-electron chi connectivity index (χ0n) is 11.8. The quantitative estimate of drug-likeness (QED) is 0.723. The number of hydrogen-bond donors (Lipinski definition) is 2. The van der Waals surface area contributed by atoms with Gasteiger partial charge in [-0.05, 0) is 30.9 Å². The second kappa shape index (κ2) is 8.92. The minimum absolute atomic E-state index is 0.223. The number of hydrogen-bond acceptors (Lipinski definition) is 4. The first-order valence-electron chi connectivity index (χ1n) is 6.98. The lowest BCUT2D eigenvalue weighted by atomic mass is 9.94. The smallest absolute Gasteiger partial charge is 0.303 e. The Kier molecular flexibility index (Phi) is 7.12. The molecule has 2 N–H and O–H groups in total. The van der Waals surface area contributed by atoms with Crippen molar-refractivity contribution in [3.63, 3.8) is 0 Å². The summed E-state index contributed by atoms with van der Waals surface area (Å²) in [5.74, 6) is -0.330. The molecule has 0 bridgehead atoms. The Hall–Kier alpha value is -2.09. The molecule has 0 aromatic carbocycles. The fourth-order valence-corrected chi connectivity index (χ4v) is 2.22. The molecule has 1 heterocycles. The molecule has 0 aliphatic rings. The zero-order chi connectivity index (χ0) is 14.8. The number of rotatable bonds is 9. The van der Waals surface area contributed by atoms with Crippen LogP contribution >= 0.6 is 0 Å². The van der Waals surface area contributed by atoms with E-state index in [-0.39, 0.29) is 6.42 Å². The first-order chi connectivity index (χ1) is 9.67. The second-order valence-electron chi connectivity index (χ2n) is 4.81. The molecule has 5 heteroatoms. The molecule has 108 valence electrons. The van der Waals surface area contributed by atoms with Crippen molar-refractivity contribution in [2.75, 3.05) is 11.9 Å². The van der Waals surface area contributed by atoms with Crippen molar-refractivity contribution < 1.29 is 9.90 Å².